The number of nitrogens with two attached hydrogens (primary N) is 1. The van der Waals surface area contributed by atoms with Crippen molar-refractivity contribution >= 4 is 0 Å². The van der Waals surface area contributed by atoms with E-state index < -0.39 is 0 Å². The van der Waals surface area contributed by atoms with Crippen LogP contribution in [0, 0.1) is 0 Å². The predicted molar refractivity (Wildman–Crippen MR) is 58.5 cm³/mol. The number of hydrogen-bond acceptors (Lipinski definition) is 4. The molecule has 0 aromatic rings. The summed E-state index contributed by atoms with van der Waals surface area (Å²) >= 11 is 0. The minimum atomic E-state index is 0.217. The topological polar surface area (TPSA) is 47.7 Å². The van der Waals surface area contributed by atoms with Crippen LogP contribution in [-0.4, -0.2) is 58.0 Å². The lowest BCUT2D eigenvalue weighted by atomic mass is 10.3. The van der Waals surface area contributed by atoms with Crippen LogP contribution in [0.2, 0.25) is 0 Å². The van der Waals surface area contributed by atoms with E-state index in [2.05, 4.69) is 4.90 Å². The van der Waals surface area contributed by atoms with Gasteiger partial charge in [-0.2, -0.15) is 0 Å². The van der Waals surface area contributed by atoms with Crippen LogP contribution >= 0.6 is 0 Å². The summed E-state index contributed by atoms with van der Waals surface area (Å²) in [6.45, 7) is 6.49. The fourth-order valence-electron chi connectivity index (χ4n) is 1.35. The third kappa shape index (κ3) is 8.44. The smallest absolute Gasteiger partial charge is 0.0589 e. The van der Waals surface area contributed by atoms with Gasteiger partial charge in [-0.3, -0.25) is 4.90 Å². The molecule has 0 aliphatic carbocycles. The Kier molecular flexibility index (Phi) is 9.29. The van der Waals surface area contributed by atoms with Gasteiger partial charge in [0.05, 0.1) is 6.61 Å². The molecule has 0 saturated carbocycles. The van der Waals surface area contributed by atoms with Gasteiger partial charge in [0, 0.05) is 46.5 Å². The van der Waals surface area contributed by atoms with E-state index in [0.717, 1.165) is 39.3 Å². The Hall–Kier alpha value is -0.160. The zero-order chi connectivity index (χ0) is 10.8. The van der Waals surface area contributed by atoms with Crippen LogP contribution in [0.3, 0.4) is 0 Å². The Balaban J connectivity index is 3.61. The second-order valence-electron chi connectivity index (χ2n) is 3.62. The summed E-state index contributed by atoms with van der Waals surface area (Å²) in [5.41, 5.74) is 5.76. The quantitative estimate of drug-likeness (QED) is 0.549. The highest BCUT2D eigenvalue weighted by atomic mass is 16.5. The maximum Gasteiger partial charge on any atom is 0.0589 e. The van der Waals surface area contributed by atoms with E-state index in [1.54, 1.807) is 14.2 Å². The maximum absolute atomic E-state index is 5.76. The minimum Gasteiger partial charge on any atom is -0.385 e. The van der Waals surface area contributed by atoms with E-state index in [1.807, 2.05) is 6.92 Å². The van der Waals surface area contributed by atoms with Crippen molar-refractivity contribution in [1.82, 2.24) is 4.90 Å². The monoisotopic (exact) mass is 204 g/mol. The molecule has 4 nitrogen and oxygen atoms in total. The Bertz CT molecular complexity index is 121. The summed E-state index contributed by atoms with van der Waals surface area (Å²) in [6, 6.07) is 0.217. The maximum atomic E-state index is 5.76. The molecule has 0 fully saturated rings. The molecular formula is C10H24N2O2. The van der Waals surface area contributed by atoms with Crippen LogP contribution < -0.4 is 5.73 Å². The van der Waals surface area contributed by atoms with Crippen LogP contribution in [0.4, 0.5) is 0 Å². The van der Waals surface area contributed by atoms with E-state index in [-0.39, 0.29) is 6.04 Å². The molecule has 0 spiro atoms. The molecule has 0 aliphatic heterocycles. The van der Waals surface area contributed by atoms with E-state index in [1.165, 1.54) is 0 Å². The zero-order valence-corrected chi connectivity index (χ0v) is 9.66. The highest BCUT2D eigenvalue weighted by Crippen LogP contribution is 1.94. The van der Waals surface area contributed by atoms with Gasteiger partial charge in [0.1, 0.15) is 0 Å². The van der Waals surface area contributed by atoms with Crippen molar-refractivity contribution in [3.63, 3.8) is 0 Å². The van der Waals surface area contributed by atoms with E-state index in [0.29, 0.717) is 0 Å². The number of ether oxygens (including phenoxy) is 2. The molecule has 2 N–H and O–H groups in total. The van der Waals surface area contributed by atoms with Crippen molar-refractivity contribution in [1.29, 1.82) is 0 Å². The largest absolute Gasteiger partial charge is 0.385 e. The normalized spacial score (nSPS) is 13.5. The van der Waals surface area contributed by atoms with Gasteiger partial charge >= 0.3 is 0 Å². The molecule has 14 heavy (non-hydrogen) atoms. The molecule has 4 heteroatoms. The van der Waals surface area contributed by atoms with Gasteiger partial charge in [-0.25, -0.2) is 0 Å². The van der Waals surface area contributed by atoms with Gasteiger partial charge in [0.25, 0.3) is 0 Å². The van der Waals surface area contributed by atoms with Crippen molar-refractivity contribution in [3.8, 4) is 0 Å². The molecule has 0 rings (SSSR count). The fourth-order valence-corrected chi connectivity index (χ4v) is 1.35. The fraction of sp³-hybridized carbons (Fsp3) is 1.00. The second-order valence-corrected chi connectivity index (χ2v) is 3.62. The minimum absolute atomic E-state index is 0.217. The first-order valence-corrected chi connectivity index (χ1v) is 5.16. The predicted octanol–water partition coefficient (Wildman–Crippen LogP) is 0.319. The highest BCUT2D eigenvalue weighted by molar-refractivity contribution is 4.63. The molecule has 0 bridgehead atoms. The molecule has 0 radical (unpaired) electrons. The van der Waals surface area contributed by atoms with Crippen molar-refractivity contribution in [3.05, 3.63) is 0 Å². The van der Waals surface area contributed by atoms with Crippen LogP contribution in [0.1, 0.15) is 13.3 Å². The molecule has 1 atom stereocenters. The Morgan fingerprint density at radius 3 is 2.29 bits per heavy atom. The first-order chi connectivity index (χ1) is 6.70. The summed E-state index contributed by atoms with van der Waals surface area (Å²) in [6.07, 6.45) is 1.05. The van der Waals surface area contributed by atoms with E-state index >= 15 is 0 Å². The van der Waals surface area contributed by atoms with Crippen LogP contribution in [0.25, 0.3) is 0 Å². The molecule has 0 heterocycles. The number of methoxy groups -OCH3 is 2. The molecule has 1 unspecified atom stereocenters. The van der Waals surface area contributed by atoms with Gasteiger partial charge in [-0.1, -0.05) is 0 Å². The summed E-state index contributed by atoms with van der Waals surface area (Å²) in [4.78, 5) is 2.31. The third-order valence-corrected chi connectivity index (χ3v) is 1.98. The van der Waals surface area contributed by atoms with E-state index in [4.69, 9.17) is 15.2 Å². The third-order valence-electron chi connectivity index (χ3n) is 1.98. The molecule has 0 aromatic carbocycles. The van der Waals surface area contributed by atoms with E-state index in [9.17, 15) is 0 Å². The van der Waals surface area contributed by atoms with Crippen molar-refractivity contribution < 1.29 is 9.47 Å². The Labute approximate surface area is 87.4 Å². The number of rotatable bonds is 9. The van der Waals surface area contributed by atoms with Gasteiger partial charge in [0.15, 0.2) is 0 Å². The summed E-state index contributed by atoms with van der Waals surface area (Å²) < 4.78 is 10.1. The van der Waals surface area contributed by atoms with Crippen LogP contribution in [0.5, 0.6) is 0 Å². The lowest BCUT2D eigenvalue weighted by Crippen LogP contribution is -2.38. The average molecular weight is 204 g/mol. The first kappa shape index (κ1) is 13.8. The SMILES string of the molecule is COCCCN(CCOC)CC(C)N. The summed E-state index contributed by atoms with van der Waals surface area (Å²) in [7, 11) is 3.45. The molecular weight excluding hydrogens is 180 g/mol. The van der Waals surface area contributed by atoms with Crippen molar-refractivity contribution in [2.24, 2.45) is 5.73 Å². The average Bonchev–Trinajstić information content (AvgIpc) is 2.13. The van der Waals surface area contributed by atoms with Crippen LogP contribution in [0.15, 0.2) is 0 Å². The molecule has 0 aromatic heterocycles. The van der Waals surface area contributed by atoms with Gasteiger partial charge in [-0.05, 0) is 13.3 Å². The molecule has 0 saturated heterocycles. The zero-order valence-electron chi connectivity index (χ0n) is 9.66. The van der Waals surface area contributed by atoms with Crippen molar-refractivity contribution in [2.45, 2.75) is 19.4 Å². The lowest BCUT2D eigenvalue weighted by molar-refractivity contribution is 0.130. The van der Waals surface area contributed by atoms with Gasteiger partial charge < -0.3 is 15.2 Å². The van der Waals surface area contributed by atoms with Crippen molar-refractivity contribution in [2.75, 3.05) is 47.1 Å². The Morgan fingerprint density at radius 1 is 1.14 bits per heavy atom. The van der Waals surface area contributed by atoms with Gasteiger partial charge in [0.2, 0.25) is 0 Å². The van der Waals surface area contributed by atoms with Gasteiger partial charge in [-0.15, -0.1) is 0 Å². The highest BCUT2D eigenvalue weighted by Gasteiger charge is 2.06. The standard InChI is InChI=1S/C10H24N2O2/c1-10(11)9-12(6-8-14-3)5-4-7-13-2/h10H,4-9,11H2,1-3H3. The molecule has 86 valence electrons. The lowest BCUT2D eigenvalue weighted by Gasteiger charge is -2.23. The Morgan fingerprint density at radius 2 is 1.79 bits per heavy atom. The number of nitrogens with zero attached hydrogens (tertiary/aromatic N) is 1. The molecule has 0 amide bonds. The van der Waals surface area contributed by atoms with Crippen LogP contribution in [-0.2, 0) is 9.47 Å². The second kappa shape index (κ2) is 9.40. The molecule has 0 aliphatic rings. The number of hydrogen-bond donors (Lipinski definition) is 1. The summed E-state index contributed by atoms with van der Waals surface area (Å²) in [5, 5.41) is 0. The first-order valence-electron chi connectivity index (χ1n) is 5.16. The summed E-state index contributed by atoms with van der Waals surface area (Å²) in [5.74, 6) is 0.